The maximum Gasteiger partial charge on any atom is 0.0742 e. The summed E-state index contributed by atoms with van der Waals surface area (Å²) in [5, 5.41) is 4.38. The minimum Gasteiger partial charge on any atom is -0.393 e. The van der Waals surface area contributed by atoms with Gasteiger partial charge in [-0.15, -0.1) is 0 Å². The number of thiocarbonyl (C=S) groups is 1. The van der Waals surface area contributed by atoms with Gasteiger partial charge in [0, 0.05) is 26.1 Å². The van der Waals surface area contributed by atoms with Crippen LogP contribution >= 0.6 is 28.1 Å². The number of aryl methyl sites for hydroxylation is 2. The normalized spacial score (nSPS) is 13.1. The van der Waals surface area contributed by atoms with Crippen LogP contribution in [0.1, 0.15) is 24.7 Å². The van der Waals surface area contributed by atoms with Gasteiger partial charge in [0.05, 0.1) is 20.8 Å². The second-order valence-corrected chi connectivity index (χ2v) is 5.72. The molecule has 1 unspecified atom stereocenters. The monoisotopic (exact) mass is 318 g/mol. The van der Waals surface area contributed by atoms with E-state index in [0.29, 0.717) is 11.0 Å². The van der Waals surface area contributed by atoms with E-state index in [1.165, 1.54) is 5.69 Å². The molecule has 0 saturated heterocycles. The van der Waals surface area contributed by atoms with Crippen molar-refractivity contribution in [2.24, 2.45) is 12.8 Å². The quantitative estimate of drug-likeness (QED) is 0.843. The molecule has 1 heterocycles. The van der Waals surface area contributed by atoms with Gasteiger partial charge in [0.2, 0.25) is 0 Å². The molecule has 0 aliphatic rings. The Kier molecular flexibility index (Phi) is 5.09. The molecular formula is C11H19BrN4S. The van der Waals surface area contributed by atoms with Gasteiger partial charge in [-0.25, -0.2) is 0 Å². The average Bonchev–Trinajstić information content (AvgIpc) is 2.44. The molecule has 6 heteroatoms. The molecular weight excluding hydrogens is 300 g/mol. The number of hydrogen-bond donors (Lipinski definition) is 1. The first-order valence-corrected chi connectivity index (χ1v) is 6.69. The third kappa shape index (κ3) is 3.76. The van der Waals surface area contributed by atoms with Crippen LogP contribution in [-0.2, 0) is 13.6 Å². The first-order valence-electron chi connectivity index (χ1n) is 5.49. The zero-order valence-corrected chi connectivity index (χ0v) is 13.1. The number of rotatable bonds is 5. The van der Waals surface area contributed by atoms with Gasteiger partial charge in [-0.1, -0.05) is 12.2 Å². The summed E-state index contributed by atoms with van der Waals surface area (Å²) in [6.45, 7) is 4.93. The Balaban J connectivity index is 2.73. The second-order valence-electron chi connectivity index (χ2n) is 4.40. The van der Waals surface area contributed by atoms with Crippen LogP contribution in [0.3, 0.4) is 0 Å². The summed E-state index contributed by atoms with van der Waals surface area (Å²) in [5.41, 5.74) is 7.74. The lowest BCUT2D eigenvalue weighted by atomic mass is 10.2. The lowest BCUT2D eigenvalue weighted by Crippen LogP contribution is -2.32. The maximum atomic E-state index is 5.57. The molecule has 96 valence electrons. The Hall–Kier alpha value is -0.460. The minimum atomic E-state index is 0.328. The third-order valence-electron chi connectivity index (χ3n) is 2.91. The summed E-state index contributed by atoms with van der Waals surface area (Å²) in [7, 11) is 4.02. The molecule has 0 aromatic carbocycles. The third-order valence-corrected chi connectivity index (χ3v) is 4.11. The fourth-order valence-corrected chi connectivity index (χ4v) is 2.39. The predicted octanol–water partition coefficient (Wildman–Crippen LogP) is 1.99. The molecule has 0 fully saturated rings. The van der Waals surface area contributed by atoms with Gasteiger partial charge in [-0.2, -0.15) is 5.10 Å². The fraction of sp³-hybridized carbons (Fsp3) is 0.636. The summed E-state index contributed by atoms with van der Waals surface area (Å²) in [5.74, 6) is 0. The predicted molar refractivity (Wildman–Crippen MR) is 78.0 cm³/mol. The van der Waals surface area contributed by atoms with Crippen molar-refractivity contribution in [3.63, 3.8) is 0 Å². The molecule has 1 aromatic rings. The van der Waals surface area contributed by atoms with Crippen molar-refractivity contribution >= 4 is 33.1 Å². The summed E-state index contributed by atoms with van der Waals surface area (Å²) in [6, 6.07) is 0.328. The van der Waals surface area contributed by atoms with E-state index in [9.17, 15) is 0 Å². The second kappa shape index (κ2) is 5.93. The first kappa shape index (κ1) is 14.6. The van der Waals surface area contributed by atoms with E-state index in [-0.39, 0.29) is 0 Å². The molecule has 4 nitrogen and oxygen atoms in total. The van der Waals surface area contributed by atoms with Crippen molar-refractivity contribution in [2.45, 2.75) is 32.9 Å². The van der Waals surface area contributed by atoms with Gasteiger partial charge in [0.1, 0.15) is 0 Å². The summed E-state index contributed by atoms with van der Waals surface area (Å²) in [6.07, 6.45) is 0.736. The van der Waals surface area contributed by atoms with E-state index in [1.807, 2.05) is 18.7 Å². The molecule has 2 N–H and O–H groups in total. The van der Waals surface area contributed by atoms with E-state index in [4.69, 9.17) is 18.0 Å². The van der Waals surface area contributed by atoms with Crippen LogP contribution < -0.4 is 5.73 Å². The molecule has 0 aliphatic heterocycles. The zero-order valence-electron chi connectivity index (χ0n) is 10.7. The van der Waals surface area contributed by atoms with E-state index in [0.717, 1.165) is 23.1 Å². The molecule has 17 heavy (non-hydrogen) atoms. The molecule has 1 rings (SSSR count). The molecule has 0 spiro atoms. The highest BCUT2D eigenvalue weighted by Gasteiger charge is 2.16. The first-order chi connectivity index (χ1) is 7.82. The Morgan fingerprint density at radius 1 is 1.65 bits per heavy atom. The summed E-state index contributed by atoms with van der Waals surface area (Å²) >= 11 is 8.50. The SMILES string of the molecule is Cc1nn(C)c(CN(C)C(C)CC(N)=S)c1Br. The van der Waals surface area contributed by atoms with Crippen LogP contribution in [-0.4, -0.2) is 32.8 Å². The van der Waals surface area contributed by atoms with Crippen molar-refractivity contribution in [1.29, 1.82) is 0 Å². The molecule has 0 aliphatic carbocycles. The number of halogens is 1. The molecule has 0 bridgehead atoms. The van der Waals surface area contributed by atoms with Gasteiger partial charge in [-0.3, -0.25) is 9.58 Å². The Labute approximate surface area is 116 Å². The van der Waals surface area contributed by atoms with E-state index in [2.05, 4.69) is 39.9 Å². The maximum absolute atomic E-state index is 5.57. The number of nitrogens with two attached hydrogens (primary N) is 1. The summed E-state index contributed by atoms with van der Waals surface area (Å²) < 4.78 is 2.98. The van der Waals surface area contributed by atoms with Gasteiger partial charge in [0.15, 0.2) is 0 Å². The molecule has 1 aromatic heterocycles. The fourth-order valence-electron chi connectivity index (χ4n) is 1.69. The number of aromatic nitrogens is 2. The highest BCUT2D eigenvalue weighted by Crippen LogP contribution is 2.22. The van der Waals surface area contributed by atoms with E-state index < -0.39 is 0 Å². The minimum absolute atomic E-state index is 0.328. The smallest absolute Gasteiger partial charge is 0.0742 e. The van der Waals surface area contributed by atoms with Crippen LogP contribution in [0.5, 0.6) is 0 Å². The van der Waals surface area contributed by atoms with Crippen LogP contribution in [0.2, 0.25) is 0 Å². The van der Waals surface area contributed by atoms with Gasteiger partial charge in [0.25, 0.3) is 0 Å². The Morgan fingerprint density at radius 3 is 2.65 bits per heavy atom. The van der Waals surface area contributed by atoms with E-state index in [1.54, 1.807) is 0 Å². The number of hydrogen-bond acceptors (Lipinski definition) is 3. The van der Waals surface area contributed by atoms with Crippen molar-refractivity contribution < 1.29 is 0 Å². The van der Waals surface area contributed by atoms with Gasteiger partial charge in [-0.05, 0) is 36.8 Å². The van der Waals surface area contributed by atoms with E-state index >= 15 is 0 Å². The molecule has 0 radical (unpaired) electrons. The van der Waals surface area contributed by atoms with Crippen molar-refractivity contribution in [1.82, 2.24) is 14.7 Å². The lowest BCUT2D eigenvalue weighted by molar-refractivity contribution is 0.248. The summed E-state index contributed by atoms with van der Waals surface area (Å²) in [4.78, 5) is 2.78. The highest BCUT2D eigenvalue weighted by atomic mass is 79.9. The number of nitrogens with zero attached hydrogens (tertiary/aromatic N) is 3. The Morgan fingerprint density at radius 2 is 2.24 bits per heavy atom. The zero-order chi connectivity index (χ0) is 13.2. The standard InChI is InChI=1S/C11H19BrN4S/c1-7(5-10(13)17)15(3)6-9-11(12)8(2)14-16(9)4/h7H,5-6H2,1-4H3,(H2,13,17). The van der Waals surface area contributed by atoms with Gasteiger partial charge >= 0.3 is 0 Å². The molecule has 1 atom stereocenters. The lowest BCUT2D eigenvalue weighted by Gasteiger charge is -2.24. The highest BCUT2D eigenvalue weighted by molar-refractivity contribution is 9.10. The van der Waals surface area contributed by atoms with Crippen molar-refractivity contribution in [2.75, 3.05) is 7.05 Å². The van der Waals surface area contributed by atoms with Crippen LogP contribution in [0, 0.1) is 6.92 Å². The van der Waals surface area contributed by atoms with Gasteiger partial charge < -0.3 is 5.73 Å². The van der Waals surface area contributed by atoms with Crippen LogP contribution in [0.15, 0.2) is 4.47 Å². The molecule has 0 saturated carbocycles. The Bertz CT molecular complexity index is 416. The molecule has 0 amide bonds. The van der Waals surface area contributed by atoms with Crippen molar-refractivity contribution in [3.05, 3.63) is 15.9 Å². The largest absolute Gasteiger partial charge is 0.393 e. The topological polar surface area (TPSA) is 47.1 Å². The average molecular weight is 319 g/mol. The van der Waals surface area contributed by atoms with Crippen molar-refractivity contribution in [3.8, 4) is 0 Å². The van der Waals surface area contributed by atoms with Crippen LogP contribution in [0.4, 0.5) is 0 Å². The van der Waals surface area contributed by atoms with Crippen LogP contribution in [0.25, 0.3) is 0 Å².